The van der Waals surface area contributed by atoms with E-state index in [0.717, 1.165) is 29.7 Å². The van der Waals surface area contributed by atoms with Gasteiger partial charge in [-0.3, -0.25) is 4.90 Å². The third-order valence-electron chi connectivity index (χ3n) is 4.95. The molecule has 0 saturated carbocycles. The Kier molecular flexibility index (Phi) is 3.48. The van der Waals surface area contributed by atoms with E-state index >= 15 is 0 Å². The number of rotatable bonds is 3. The fourth-order valence-corrected chi connectivity index (χ4v) is 4.61. The molecule has 1 aromatic carbocycles. The number of fused-ring (bicyclic) bond motifs is 2. The first-order valence-electron chi connectivity index (χ1n) is 7.67. The molecule has 0 amide bonds. The molecule has 2 atom stereocenters. The number of nitrogens with one attached hydrogen (secondary N) is 1. The molecular weight excluding hydrogens is 340 g/mol. The number of benzene rings is 1. The van der Waals surface area contributed by atoms with Crippen LogP contribution in [0.3, 0.4) is 0 Å². The largest absolute Gasteiger partial charge is 0.392 e. The van der Waals surface area contributed by atoms with Gasteiger partial charge in [-0.05, 0) is 45.1 Å². The molecule has 0 unspecified atom stereocenters. The smallest absolute Gasteiger partial charge is 0.0864 e. The van der Waals surface area contributed by atoms with Crippen molar-refractivity contribution in [2.24, 2.45) is 0 Å². The Morgan fingerprint density at radius 2 is 2.32 bits per heavy atom. The van der Waals surface area contributed by atoms with Gasteiger partial charge in [-0.1, -0.05) is 24.3 Å². The third-order valence-corrected chi connectivity index (χ3v) is 5.63. The number of nitrogens with zero attached hydrogens (tertiary/aromatic N) is 1. The fraction of sp³-hybridized carbons (Fsp3) is 0.333. The van der Waals surface area contributed by atoms with E-state index in [0.29, 0.717) is 12.0 Å². The first-order chi connectivity index (χ1) is 10.7. The minimum absolute atomic E-state index is 0.135. The maximum atomic E-state index is 9.63. The van der Waals surface area contributed by atoms with Crippen LogP contribution in [0.5, 0.6) is 0 Å². The van der Waals surface area contributed by atoms with E-state index < -0.39 is 0 Å². The summed E-state index contributed by atoms with van der Waals surface area (Å²) in [5.74, 6) is 0.342. The number of aromatic nitrogens is 1. The molecule has 4 rings (SSSR count). The normalized spacial score (nSPS) is 24.2. The van der Waals surface area contributed by atoms with Gasteiger partial charge in [-0.2, -0.15) is 0 Å². The van der Waals surface area contributed by atoms with Crippen LogP contribution in [-0.4, -0.2) is 40.7 Å². The van der Waals surface area contributed by atoms with Gasteiger partial charge in [0.15, 0.2) is 0 Å². The van der Waals surface area contributed by atoms with Crippen LogP contribution in [0.4, 0.5) is 0 Å². The van der Waals surface area contributed by atoms with Crippen LogP contribution in [0.1, 0.15) is 17.0 Å². The van der Waals surface area contributed by atoms with Crippen molar-refractivity contribution in [3.05, 3.63) is 58.2 Å². The standard InChI is InChI=1S/C18H19BrN2O/c1-2-6-21-9-11(10-22)7-13-12-4-3-5-15-17(12)14(8-16(13)21)18(19)20-15/h2-5,7,13,16,20,22H,1,6,8-10H2/t13-,16-/m1/s1. The molecule has 0 spiro atoms. The number of hydrogen-bond donors (Lipinski definition) is 2. The number of H-pyrrole nitrogens is 1. The molecule has 4 heteroatoms. The van der Waals surface area contributed by atoms with E-state index in [1.54, 1.807) is 0 Å². The second-order valence-electron chi connectivity index (χ2n) is 6.19. The summed E-state index contributed by atoms with van der Waals surface area (Å²) in [7, 11) is 0. The molecule has 1 aliphatic carbocycles. The van der Waals surface area contributed by atoms with Gasteiger partial charge >= 0.3 is 0 Å². The fourth-order valence-electron chi connectivity index (χ4n) is 4.04. The first kappa shape index (κ1) is 14.2. The summed E-state index contributed by atoms with van der Waals surface area (Å²) in [6.45, 7) is 5.71. The van der Waals surface area contributed by atoms with Crippen molar-refractivity contribution in [1.82, 2.24) is 9.88 Å². The van der Waals surface area contributed by atoms with Gasteiger partial charge in [0.2, 0.25) is 0 Å². The Morgan fingerprint density at radius 3 is 3.09 bits per heavy atom. The van der Waals surface area contributed by atoms with Crippen LogP contribution in [0.2, 0.25) is 0 Å². The maximum absolute atomic E-state index is 9.63. The van der Waals surface area contributed by atoms with Crippen LogP contribution >= 0.6 is 15.9 Å². The van der Waals surface area contributed by atoms with Crippen molar-refractivity contribution >= 4 is 26.8 Å². The SMILES string of the molecule is C=CCN1CC(CO)=C[C@@H]2c3cccc4[nH]c(Br)c(c34)C[C@H]21. The Labute approximate surface area is 138 Å². The van der Waals surface area contributed by atoms with Gasteiger partial charge in [-0.25, -0.2) is 0 Å². The van der Waals surface area contributed by atoms with Crippen LogP contribution in [0, 0.1) is 0 Å². The average Bonchev–Trinajstić information content (AvgIpc) is 2.85. The van der Waals surface area contributed by atoms with Crippen LogP contribution in [-0.2, 0) is 6.42 Å². The van der Waals surface area contributed by atoms with Crippen LogP contribution < -0.4 is 0 Å². The predicted octanol–water partition coefficient (Wildman–Crippen LogP) is 3.36. The quantitative estimate of drug-likeness (QED) is 0.825. The van der Waals surface area contributed by atoms with E-state index in [4.69, 9.17) is 0 Å². The summed E-state index contributed by atoms with van der Waals surface area (Å²) in [4.78, 5) is 5.88. The van der Waals surface area contributed by atoms with Gasteiger partial charge < -0.3 is 10.1 Å². The molecule has 2 aromatic rings. The molecule has 0 radical (unpaired) electrons. The molecule has 2 heterocycles. The molecule has 1 aromatic heterocycles. The zero-order chi connectivity index (χ0) is 15.3. The zero-order valence-electron chi connectivity index (χ0n) is 12.3. The summed E-state index contributed by atoms with van der Waals surface area (Å²) in [5, 5.41) is 11.0. The van der Waals surface area contributed by atoms with Gasteiger partial charge in [-0.15, -0.1) is 6.58 Å². The van der Waals surface area contributed by atoms with E-state index in [2.05, 4.69) is 56.7 Å². The molecule has 2 aliphatic rings. The predicted molar refractivity (Wildman–Crippen MR) is 93.2 cm³/mol. The molecule has 3 nitrogen and oxygen atoms in total. The molecule has 0 saturated heterocycles. The van der Waals surface area contributed by atoms with Crippen molar-refractivity contribution in [2.45, 2.75) is 18.4 Å². The van der Waals surface area contributed by atoms with Crippen molar-refractivity contribution in [1.29, 1.82) is 0 Å². The number of aliphatic hydroxyl groups excluding tert-OH is 1. The molecule has 0 fully saturated rings. The number of halogens is 1. The summed E-state index contributed by atoms with van der Waals surface area (Å²) in [6.07, 6.45) is 5.26. The second-order valence-corrected chi connectivity index (χ2v) is 6.98. The van der Waals surface area contributed by atoms with E-state index in [9.17, 15) is 5.11 Å². The molecular formula is C18H19BrN2O. The molecule has 1 aliphatic heterocycles. The number of aliphatic hydroxyl groups is 1. The highest BCUT2D eigenvalue weighted by molar-refractivity contribution is 9.10. The van der Waals surface area contributed by atoms with E-state index in [1.165, 1.54) is 22.0 Å². The maximum Gasteiger partial charge on any atom is 0.0864 e. The van der Waals surface area contributed by atoms with Crippen molar-refractivity contribution < 1.29 is 5.11 Å². The number of aromatic amines is 1. The van der Waals surface area contributed by atoms with Crippen molar-refractivity contribution in [3.8, 4) is 0 Å². The topological polar surface area (TPSA) is 39.3 Å². The van der Waals surface area contributed by atoms with Gasteiger partial charge in [0.25, 0.3) is 0 Å². The van der Waals surface area contributed by atoms with Gasteiger partial charge in [0, 0.05) is 36.0 Å². The highest BCUT2D eigenvalue weighted by Gasteiger charge is 2.37. The Morgan fingerprint density at radius 1 is 1.45 bits per heavy atom. The lowest BCUT2D eigenvalue weighted by Gasteiger charge is -2.42. The summed E-state index contributed by atoms with van der Waals surface area (Å²) >= 11 is 3.69. The zero-order valence-corrected chi connectivity index (χ0v) is 13.9. The van der Waals surface area contributed by atoms with Crippen molar-refractivity contribution in [2.75, 3.05) is 19.7 Å². The van der Waals surface area contributed by atoms with E-state index in [1.807, 2.05) is 6.08 Å². The Hall–Kier alpha value is -1.36. The van der Waals surface area contributed by atoms with Crippen molar-refractivity contribution in [3.63, 3.8) is 0 Å². The van der Waals surface area contributed by atoms with Crippen LogP contribution in [0.25, 0.3) is 10.9 Å². The Bertz CT molecular complexity index is 777. The lowest BCUT2D eigenvalue weighted by atomic mass is 9.76. The van der Waals surface area contributed by atoms with Gasteiger partial charge in [0.1, 0.15) is 0 Å². The lowest BCUT2D eigenvalue weighted by Crippen LogP contribution is -2.46. The molecule has 0 bridgehead atoms. The minimum atomic E-state index is 0.135. The van der Waals surface area contributed by atoms with Crippen LogP contribution in [0.15, 0.2) is 47.1 Å². The molecule has 22 heavy (non-hydrogen) atoms. The average molecular weight is 359 g/mol. The van der Waals surface area contributed by atoms with Gasteiger partial charge in [0.05, 0.1) is 11.2 Å². The summed E-state index contributed by atoms with van der Waals surface area (Å²) in [6, 6.07) is 6.91. The highest BCUT2D eigenvalue weighted by atomic mass is 79.9. The monoisotopic (exact) mass is 358 g/mol. The van der Waals surface area contributed by atoms with E-state index in [-0.39, 0.29) is 6.61 Å². The summed E-state index contributed by atoms with van der Waals surface area (Å²) < 4.78 is 1.10. The molecule has 2 N–H and O–H groups in total. The third kappa shape index (κ3) is 2.02. The minimum Gasteiger partial charge on any atom is -0.392 e. The lowest BCUT2D eigenvalue weighted by molar-refractivity contribution is 0.188. The summed E-state index contributed by atoms with van der Waals surface area (Å²) in [5.41, 5.74) is 5.04. The Balaban J connectivity index is 1.91. The molecule has 114 valence electrons. The highest BCUT2D eigenvalue weighted by Crippen LogP contribution is 2.44. The number of hydrogen-bond acceptors (Lipinski definition) is 2. The first-order valence-corrected chi connectivity index (χ1v) is 8.46. The second kappa shape index (κ2) is 5.37.